The average Bonchev–Trinajstić information content (AvgIpc) is 2.23. The van der Waals surface area contributed by atoms with Gasteiger partial charge < -0.3 is 25.5 Å². The van der Waals surface area contributed by atoms with Crippen LogP contribution in [-0.2, 0) is 0 Å². The minimum atomic E-state index is -1.52. The van der Waals surface area contributed by atoms with Crippen LogP contribution in [0.25, 0.3) is 0 Å². The molecule has 86 valence electrons. The van der Waals surface area contributed by atoms with Crippen molar-refractivity contribution < 1.29 is 25.5 Å². The summed E-state index contributed by atoms with van der Waals surface area (Å²) >= 11 is 0. The summed E-state index contributed by atoms with van der Waals surface area (Å²) < 4.78 is 0. The Balaban J connectivity index is 4.22. The second kappa shape index (κ2) is 6.31. The summed E-state index contributed by atoms with van der Waals surface area (Å²) in [5, 5.41) is 45.8. The van der Waals surface area contributed by atoms with Gasteiger partial charge in [0, 0.05) is 0 Å². The third kappa shape index (κ3) is 3.51. The number of aliphatic hydroxyl groups is 5. The zero-order valence-corrected chi connectivity index (χ0v) is 8.54. The predicted octanol–water partition coefficient (Wildman–Crippen LogP) is -1.53. The van der Waals surface area contributed by atoms with Crippen LogP contribution < -0.4 is 0 Å². The lowest BCUT2D eigenvalue weighted by Gasteiger charge is -2.28. The van der Waals surface area contributed by atoms with Crippen LogP contribution >= 0.6 is 0 Å². The van der Waals surface area contributed by atoms with Crippen LogP contribution in [-0.4, -0.2) is 56.6 Å². The molecule has 14 heavy (non-hydrogen) atoms. The molecule has 0 aromatic heterocycles. The molecule has 0 spiro atoms. The molecule has 0 heterocycles. The highest BCUT2D eigenvalue weighted by atomic mass is 16.4. The van der Waals surface area contributed by atoms with E-state index in [-0.39, 0.29) is 5.92 Å². The van der Waals surface area contributed by atoms with Gasteiger partial charge in [0.25, 0.3) is 0 Å². The van der Waals surface area contributed by atoms with Gasteiger partial charge in [0.05, 0.1) is 12.7 Å². The summed E-state index contributed by atoms with van der Waals surface area (Å²) in [5.41, 5.74) is 0. The van der Waals surface area contributed by atoms with Crippen molar-refractivity contribution in [3.05, 3.63) is 0 Å². The number of hydrogen-bond acceptors (Lipinski definition) is 5. The van der Waals surface area contributed by atoms with Crippen LogP contribution in [0.4, 0.5) is 0 Å². The Hall–Kier alpha value is -0.200. The Labute approximate surface area is 83.6 Å². The molecule has 1 unspecified atom stereocenters. The summed E-state index contributed by atoms with van der Waals surface area (Å²) in [6.45, 7) is 2.92. The average molecular weight is 208 g/mol. The van der Waals surface area contributed by atoms with Crippen LogP contribution in [0.3, 0.4) is 0 Å². The van der Waals surface area contributed by atoms with Crippen molar-refractivity contribution in [2.75, 3.05) is 6.61 Å². The van der Waals surface area contributed by atoms with E-state index in [0.717, 1.165) is 0 Å². The van der Waals surface area contributed by atoms with Gasteiger partial charge in [0.2, 0.25) is 0 Å². The van der Waals surface area contributed by atoms with Gasteiger partial charge in [0.1, 0.15) is 18.3 Å². The number of hydrogen-bond donors (Lipinski definition) is 5. The van der Waals surface area contributed by atoms with Crippen LogP contribution in [0.1, 0.15) is 20.3 Å². The maximum Gasteiger partial charge on any atom is 0.110 e. The largest absolute Gasteiger partial charge is 0.394 e. The van der Waals surface area contributed by atoms with E-state index >= 15 is 0 Å². The van der Waals surface area contributed by atoms with Gasteiger partial charge in [-0.05, 0) is 5.92 Å². The van der Waals surface area contributed by atoms with E-state index in [4.69, 9.17) is 10.2 Å². The summed E-state index contributed by atoms with van der Waals surface area (Å²) in [6.07, 6.45) is -4.84. The lowest BCUT2D eigenvalue weighted by atomic mass is 9.92. The quantitative estimate of drug-likeness (QED) is 0.364. The van der Waals surface area contributed by atoms with Gasteiger partial charge in [-0.2, -0.15) is 0 Å². The number of aliphatic hydroxyl groups excluding tert-OH is 5. The van der Waals surface area contributed by atoms with Crippen molar-refractivity contribution in [2.45, 2.75) is 44.7 Å². The van der Waals surface area contributed by atoms with Crippen molar-refractivity contribution >= 4 is 0 Å². The minimum Gasteiger partial charge on any atom is -0.394 e. The van der Waals surface area contributed by atoms with E-state index < -0.39 is 31.0 Å². The van der Waals surface area contributed by atoms with Crippen molar-refractivity contribution in [1.82, 2.24) is 0 Å². The molecule has 5 N–H and O–H groups in total. The van der Waals surface area contributed by atoms with Crippen molar-refractivity contribution in [1.29, 1.82) is 0 Å². The smallest absolute Gasteiger partial charge is 0.110 e. The summed E-state index contributed by atoms with van der Waals surface area (Å²) in [7, 11) is 0. The molecule has 5 heteroatoms. The Kier molecular flexibility index (Phi) is 6.22. The molecule has 0 amide bonds. The molecule has 0 aliphatic heterocycles. The Bertz CT molecular complexity index is 136. The molecule has 0 saturated heterocycles. The number of rotatable bonds is 6. The highest BCUT2D eigenvalue weighted by Gasteiger charge is 2.32. The first-order chi connectivity index (χ1) is 6.45. The fraction of sp³-hybridized carbons (Fsp3) is 1.00. The topological polar surface area (TPSA) is 101 Å². The van der Waals surface area contributed by atoms with E-state index in [1.807, 2.05) is 6.92 Å². The third-order valence-electron chi connectivity index (χ3n) is 2.51. The predicted molar refractivity (Wildman–Crippen MR) is 50.6 cm³/mol. The Morgan fingerprint density at radius 1 is 0.929 bits per heavy atom. The summed E-state index contributed by atoms with van der Waals surface area (Å²) in [4.78, 5) is 0. The Morgan fingerprint density at radius 2 is 1.43 bits per heavy atom. The van der Waals surface area contributed by atoms with Crippen LogP contribution in [0.5, 0.6) is 0 Å². The van der Waals surface area contributed by atoms with E-state index in [2.05, 4.69) is 0 Å². The molecule has 5 atom stereocenters. The van der Waals surface area contributed by atoms with Gasteiger partial charge in [0.15, 0.2) is 0 Å². The lowest BCUT2D eigenvalue weighted by molar-refractivity contribution is -0.125. The molecule has 0 aromatic rings. The van der Waals surface area contributed by atoms with E-state index in [1.165, 1.54) is 0 Å². The van der Waals surface area contributed by atoms with E-state index in [9.17, 15) is 15.3 Å². The fourth-order valence-corrected chi connectivity index (χ4v) is 1.12. The minimum absolute atomic E-state index is 0.175. The summed E-state index contributed by atoms with van der Waals surface area (Å²) in [6, 6.07) is 0. The highest BCUT2D eigenvalue weighted by molar-refractivity contribution is 4.82. The standard InChI is InChI=1S/C9H20O5/c1-3-5(2)7(12)9(14)8(13)6(11)4-10/h5-14H,3-4H2,1-2H3/t5?,6-,7+,8-,9-/m1/s1. The molecule has 0 aliphatic rings. The van der Waals surface area contributed by atoms with Crippen molar-refractivity contribution in [3.8, 4) is 0 Å². The molecule has 0 fully saturated rings. The maximum atomic E-state index is 9.50. The Morgan fingerprint density at radius 3 is 1.79 bits per heavy atom. The first-order valence-electron chi connectivity index (χ1n) is 4.78. The molecule has 0 saturated carbocycles. The molecular formula is C9H20O5. The molecule has 0 radical (unpaired) electrons. The maximum absolute atomic E-state index is 9.50. The molecular weight excluding hydrogens is 188 g/mol. The monoisotopic (exact) mass is 208 g/mol. The molecule has 0 aromatic carbocycles. The zero-order valence-electron chi connectivity index (χ0n) is 8.54. The first-order valence-corrected chi connectivity index (χ1v) is 4.78. The van der Waals surface area contributed by atoms with Gasteiger partial charge in [-0.1, -0.05) is 20.3 Å². The van der Waals surface area contributed by atoms with E-state index in [1.54, 1.807) is 6.92 Å². The normalized spacial score (nSPS) is 22.5. The molecule has 0 rings (SSSR count). The van der Waals surface area contributed by atoms with Crippen molar-refractivity contribution in [3.63, 3.8) is 0 Å². The van der Waals surface area contributed by atoms with Gasteiger partial charge in [-0.15, -0.1) is 0 Å². The van der Waals surface area contributed by atoms with Gasteiger partial charge >= 0.3 is 0 Å². The van der Waals surface area contributed by atoms with Crippen molar-refractivity contribution in [2.24, 2.45) is 5.92 Å². The lowest BCUT2D eigenvalue weighted by Crippen LogP contribution is -2.47. The molecule has 5 nitrogen and oxygen atoms in total. The molecule has 0 aliphatic carbocycles. The zero-order chi connectivity index (χ0) is 11.3. The highest BCUT2D eigenvalue weighted by Crippen LogP contribution is 2.15. The van der Waals surface area contributed by atoms with Gasteiger partial charge in [-0.3, -0.25) is 0 Å². The van der Waals surface area contributed by atoms with Crippen LogP contribution in [0.2, 0.25) is 0 Å². The SMILES string of the molecule is CCC(C)[C@H](O)[C@@H](O)[C@H](O)[C@H](O)CO. The summed E-state index contributed by atoms with van der Waals surface area (Å²) in [5.74, 6) is -0.175. The second-order valence-corrected chi connectivity index (χ2v) is 3.61. The molecule has 0 bridgehead atoms. The second-order valence-electron chi connectivity index (χ2n) is 3.61. The third-order valence-corrected chi connectivity index (χ3v) is 2.51. The van der Waals surface area contributed by atoms with E-state index in [0.29, 0.717) is 6.42 Å². The van der Waals surface area contributed by atoms with Gasteiger partial charge in [-0.25, -0.2) is 0 Å². The fourth-order valence-electron chi connectivity index (χ4n) is 1.12. The van der Waals surface area contributed by atoms with Crippen LogP contribution in [0, 0.1) is 5.92 Å². The first kappa shape index (κ1) is 13.8. The van der Waals surface area contributed by atoms with Crippen LogP contribution in [0.15, 0.2) is 0 Å².